The molecule has 1 amide bonds. The van der Waals surface area contributed by atoms with Crippen molar-refractivity contribution in [3.63, 3.8) is 0 Å². The van der Waals surface area contributed by atoms with Gasteiger partial charge in [-0.1, -0.05) is 0 Å². The van der Waals surface area contributed by atoms with E-state index in [-0.39, 0.29) is 5.91 Å². The van der Waals surface area contributed by atoms with Crippen LogP contribution in [0.3, 0.4) is 0 Å². The largest absolute Gasteiger partial charge is 0.343 e. The molecule has 0 bridgehead atoms. The van der Waals surface area contributed by atoms with E-state index in [4.69, 9.17) is 5.73 Å². The Kier molecular flexibility index (Phi) is 4.22. The predicted octanol–water partition coefficient (Wildman–Crippen LogP) is 1.15. The van der Waals surface area contributed by atoms with Crippen molar-refractivity contribution in [1.82, 2.24) is 10.6 Å². The van der Waals surface area contributed by atoms with Gasteiger partial charge >= 0.3 is 0 Å². The molecule has 1 aromatic heterocycles. The van der Waals surface area contributed by atoms with Gasteiger partial charge in [0.1, 0.15) is 6.07 Å². The Labute approximate surface area is 134 Å². The van der Waals surface area contributed by atoms with Crippen LogP contribution in [0.2, 0.25) is 0 Å². The smallest absolute Gasteiger partial charge is 0.237 e. The quantitative estimate of drug-likeness (QED) is 0.780. The maximum Gasteiger partial charge on any atom is 0.237 e. The number of nitrogens with two attached hydrogens (primary N) is 1. The number of thiophene rings is 1. The lowest BCUT2D eigenvalue weighted by Crippen LogP contribution is -2.52. The van der Waals surface area contributed by atoms with Crippen molar-refractivity contribution >= 4 is 17.2 Å². The molecular formula is C16H22N4OS. The first-order chi connectivity index (χ1) is 10.6. The summed E-state index contributed by atoms with van der Waals surface area (Å²) in [7, 11) is 0. The van der Waals surface area contributed by atoms with Gasteiger partial charge in [0.05, 0.1) is 17.1 Å². The van der Waals surface area contributed by atoms with Gasteiger partial charge in [-0.25, -0.2) is 0 Å². The molecule has 2 aliphatic rings. The summed E-state index contributed by atoms with van der Waals surface area (Å²) >= 11 is 1.72. The third kappa shape index (κ3) is 2.54. The zero-order valence-electron chi connectivity index (χ0n) is 12.9. The van der Waals surface area contributed by atoms with Gasteiger partial charge in [0, 0.05) is 16.3 Å². The number of nitrogens with one attached hydrogen (secondary N) is 2. The number of fused-ring (bicyclic) bond motifs is 1. The molecule has 0 saturated carbocycles. The minimum atomic E-state index is -0.544. The molecule has 1 saturated heterocycles. The molecular weight excluding hydrogens is 296 g/mol. The first-order valence-electron chi connectivity index (χ1n) is 7.91. The second kappa shape index (κ2) is 5.99. The molecule has 0 spiro atoms. The summed E-state index contributed by atoms with van der Waals surface area (Å²) in [6, 6.07) is 1.86. The molecule has 5 nitrogen and oxygen atoms in total. The van der Waals surface area contributed by atoms with Gasteiger partial charge in [-0.3, -0.25) is 4.79 Å². The van der Waals surface area contributed by atoms with Gasteiger partial charge in [0.15, 0.2) is 0 Å². The van der Waals surface area contributed by atoms with Gasteiger partial charge in [0.25, 0.3) is 0 Å². The van der Waals surface area contributed by atoms with Crippen molar-refractivity contribution in [1.29, 1.82) is 5.26 Å². The maximum absolute atomic E-state index is 12.2. The van der Waals surface area contributed by atoms with Gasteiger partial charge in [-0.15, -0.1) is 11.3 Å². The fourth-order valence-electron chi connectivity index (χ4n) is 3.42. The van der Waals surface area contributed by atoms with Crippen molar-refractivity contribution in [2.45, 2.75) is 50.6 Å². The molecule has 2 atom stereocenters. The number of nitriles is 1. The second-order valence-electron chi connectivity index (χ2n) is 6.31. The number of nitrogens with zero attached hydrogens (tertiary/aromatic N) is 1. The molecule has 1 aromatic rings. The van der Waals surface area contributed by atoms with Crippen LogP contribution in [-0.2, 0) is 23.2 Å². The number of aryl methyl sites for hydroxylation is 1. The minimum absolute atomic E-state index is 0.154. The Morgan fingerprint density at radius 3 is 2.91 bits per heavy atom. The normalized spacial score (nSPS) is 25.3. The van der Waals surface area contributed by atoms with E-state index in [2.05, 4.69) is 16.7 Å². The van der Waals surface area contributed by atoms with Crippen LogP contribution in [0.25, 0.3) is 0 Å². The highest BCUT2D eigenvalue weighted by Gasteiger charge is 2.42. The molecule has 0 radical (unpaired) electrons. The van der Waals surface area contributed by atoms with E-state index in [1.54, 1.807) is 18.3 Å². The zero-order chi connectivity index (χ0) is 15.7. The van der Waals surface area contributed by atoms with E-state index in [9.17, 15) is 10.1 Å². The van der Waals surface area contributed by atoms with E-state index in [1.807, 2.05) is 0 Å². The number of rotatable bonds is 3. The Morgan fingerprint density at radius 1 is 1.50 bits per heavy atom. The van der Waals surface area contributed by atoms with Crippen molar-refractivity contribution in [3.8, 4) is 6.07 Å². The molecule has 1 aliphatic carbocycles. The number of carbonyl (C=O) groups is 1. The molecule has 118 valence electrons. The molecule has 0 aromatic carbocycles. The lowest BCUT2D eigenvalue weighted by molar-refractivity contribution is -0.123. The molecule has 0 unspecified atom stereocenters. The molecule has 4 N–H and O–H groups in total. The highest BCUT2D eigenvalue weighted by Crippen LogP contribution is 2.41. The molecule has 2 heterocycles. The number of hydrogen-bond donors (Lipinski definition) is 3. The highest BCUT2D eigenvalue weighted by atomic mass is 32.1. The highest BCUT2D eigenvalue weighted by molar-refractivity contribution is 7.12. The SMILES string of the molecule is C[C@H](N)C(=O)N[C@@]1(c2sc3c(c2C#N)CCCC3)CCNC1. The van der Waals surface area contributed by atoms with E-state index >= 15 is 0 Å². The summed E-state index contributed by atoms with van der Waals surface area (Å²) in [6.07, 6.45) is 5.18. The lowest BCUT2D eigenvalue weighted by Gasteiger charge is -2.30. The average Bonchev–Trinajstić information content (AvgIpc) is 3.11. The summed E-state index contributed by atoms with van der Waals surface area (Å²) in [4.78, 5) is 14.5. The lowest BCUT2D eigenvalue weighted by atomic mass is 9.88. The monoisotopic (exact) mass is 318 g/mol. The topological polar surface area (TPSA) is 90.9 Å². The van der Waals surface area contributed by atoms with E-state index in [1.165, 1.54) is 16.9 Å². The Bertz CT molecular complexity index is 623. The van der Waals surface area contributed by atoms with Crippen LogP contribution >= 0.6 is 11.3 Å². The maximum atomic E-state index is 12.2. The van der Waals surface area contributed by atoms with Crippen LogP contribution < -0.4 is 16.4 Å². The van der Waals surface area contributed by atoms with Crippen LogP contribution in [0.5, 0.6) is 0 Å². The van der Waals surface area contributed by atoms with Gasteiger partial charge in [-0.05, 0) is 51.1 Å². The standard InChI is InChI=1S/C16H22N4OS/c1-10(18)15(21)20-16(6-7-19-9-16)14-12(8-17)11-4-2-3-5-13(11)22-14/h10,19H,2-7,9,18H2,1H3,(H,20,21)/t10-,16-/m0/s1. The van der Waals surface area contributed by atoms with E-state index in [0.29, 0.717) is 6.54 Å². The van der Waals surface area contributed by atoms with Crippen LogP contribution in [0.4, 0.5) is 0 Å². The van der Waals surface area contributed by atoms with Gasteiger partial charge in [0.2, 0.25) is 5.91 Å². The minimum Gasteiger partial charge on any atom is -0.343 e. The summed E-state index contributed by atoms with van der Waals surface area (Å²) in [5.74, 6) is -0.154. The number of amides is 1. The van der Waals surface area contributed by atoms with Crippen LogP contribution in [0.1, 0.15) is 47.1 Å². The molecule has 1 fully saturated rings. The second-order valence-corrected chi connectivity index (χ2v) is 7.42. The van der Waals surface area contributed by atoms with E-state index < -0.39 is 11.6 Å². The summed E-state index contributed by atoms with van der Waals surface area (Å²) in [5, 5.41) is 16.1. The first kappa shape index (κ1) is 15.5. The van der Waals surface area contributed by atoms with E-state index in [0.717, 1.165) is 42.7 Å². The first-order valence-corrected chi connectivity index (χ1v) is 8.72. The van der Waals surface area contributed by atoms with Crippen molar-refractivity contribution in [2.75, 3.05) is 13.1 Å². The van der Waals surface area contributed by atoms with Gasteiger partial charge < -0.3 is 16.4 Å². The Morgan fingerprint density at radius 2 is 2.27 bits per heavy atom. The average molecular weight is 318 g/mol. The fourth-order valence-corrected chi connectivity index (χ4v) is 4.93. The predicted molar refractivity (Wildman–Crippen MR) is 86.6 cm³/mol. The van der Waals surface area contributed by atoms with Crippen molar-refractivity contribution in [3.05, 3.63) is 20.9 Å². The molecule has 3 rings (SSSR count). The van der Waals surface area contributed by atoms with Crippen molar-refractivity contribution in [2.24, 2.45) is 5.73 Å². The third-order valence-electron chi connectivity index (χ3n) is 4.65. The van der Waals surface area contributed by atoms with Crippen LogP contribution in [-0.4, -0.2) is 25.0 Å². The molecule has 6 heteroatoms. The van der Waals surface area contributed by atoms with Crippen molar-refractivity contribution < 1.29 is 4.79 Å². The fraction of sp³-hybridized carbons (Fsp3) is 0.625. The summed E-state index contributed by atoms with van der Waals surface area (Å²) in [6.45, 7) is 3.20. The van der Waals surface area contributed by atoms with Crippen LogP contribution in [0.15, 0.2) is 0 Å². The number of hydrogen-bond acceptors (Lipinski definition) is 5. The third-order valence-corrected chi connectivity index (χ3v) is 6.15. The molecule has 22 heavy (non-hydrogen) atoms. The Balaban J connectivity index is 2.04. The van der Waals surface area contributed by atoms with Gasteiger partial charge in [-0.2, -0.15) is 5.26 Å². The van der Waals surface area contributed by atoms with Crippen LogP contribution in [0, 0.1) is 11.3 Å². The summed E-state index contributed by atoms with van der Waals surface area (Å²) in [5.41, 5.74) is 7.27. The zero-order valence-corrected chi connectivity index (χ0v) is 13.7. The summed E-state index contributed by atoms with van der Waals surface area (Å²) < 4.78 is 0. The number of carbonyl (C=O) groups excluding carboxylic acids is 1. The Hall–Kier alpha value is -1.42. The molecule has 1 aliphatic heterocycles.